The third-order valence-corrected chi connectivity index (χ3v) is 2.79. The SMILES string of the molecule is CCCCC(Oc1ccc(Cl)cc1Cl)C(=O)O. The van der Waals surface area contributed by atoms with Crippen LogP contribution < -0.4 is 4.74 Å². The van der Waals surface area contributed by atoms with Crippen LogP contribution in [0.5, 0.6) is 5.75 Å². The minimum Gasteiger partial charge on any atom is -0.479 e. The van der Waals surface area contributed by atoms with E-state index in [0.29, 0.717) is 22.2 Å². The molecular formula is C12H14Cl2O3. The van der Waals surface area contributed by atoms with Crippen molar-refractivity contribution in [1.29, 1.82) is 0 Å². The molecule has 94 valence electrons. The van der Waals surface area contributed by atoms with Crippen LogP contribution in [0.15, 0.2) is 18.2 Å². The highest BCUT2D eigenvalue weighted by molar-refractivity contribution is 6.35. The van der Waals surface area contributed by atoms with Crippen molar-refractivity contribution in [1.82, 2.24) is 0 Å². The molecule has 1 N–H and O–H groups in total. The van der Waals surface area contributed by atoms with Crippen molar-refractivity contribution in [3.05, 3.63) is 28.2 Å². The van der Waals surface area contributed by atoms with Crippen LogP contribution in [-0.2, 0) is 4.79 Å². The quantitative estimate of drug-likeness (QED) is 0.854. The number of aliphatic carboxylic acids is 1. The Balaban J connectivity index is 2.75. The summed E-state index contributed by atoms with van der Waals surface area (Å²) in [5.41, 5.74) is 0. The maximum atomic E-state index is 11.0. The van der Waals surface area contributed by atoms with Crippen LogP contribution in [0.25, 0.3) is 0 Å². The minimum absolute atomic E-state index is 0.320. The van der Waals surface area contributed by atoms with Gasteiger partial charge < -0.3 is 9.84 Å². The van der Waals surface area contributed by atoms with Crippen LogP contribution in [0.1, 0.15) is 26.2 Å². The molecule has 0 fully saturated rings. The smallest absolute Gasteiger partial charge is 0.344 e. The summed E-state index contributed by atoms with van der Waals surface area (Å²) in [7, 11) is 0. The average molecular weight is 277 g/mol. The number of carboxylic acid groups (broad SMARTS) is 1. The molecule has 1 aromatic carbocycles. The third kappa shape index (κ3) is 4.44. The molecule has 0 saturated heterocycles. The van der Waals surface area contributed by atoms with Gasteiger partial charge in [0, 0.05) is 5.02 Å². The molecule has 1 atom stereocenters. The Morgan fingerprint density at radius 3 is 2.71 bits per heavy atom. The van der Waals surface area contributed by atoms with Crippen molar-refractivity contribution >= 4 is 29.2 Å². The van der Waals surface area contributed by atoms with Crippen LogP contribution in [0.2, 0.25) is 10.0 Å². The number of benzene rings is 1. The largest absolute Gasteiger partial charge is 0.479 e. The van der Waals surface area contributed by atoms with E-state index in [1.165, 1.54) is 6.07 Å². The van der Waals surface area contributed by atoms with Gasteiger partial charge >= 0.3 is 5.97 Å². The summed E-state index contributed by atoms with van der Waals surface area (Å²) in [6.07, 6.45) is 1.31. The number of halogens is 2. The molecule has 0 heterocycles. The predicted molar refractivity (Wildman–Crippen MR) is 68.0 cm³/mol. The highest BCUT2D eigenvalue weighted by Crippen LogP contribution is 2.28. The first kappa shape index (κ1) is 14.1. The molecule has 0 bridgehead atoms. The molecule has 0 aliphatic heterocycles. The van der Waals surface area contributed by atoms with Crippen LogP contribution in [0.4, 0.5) is 0 Å². The van der Waals surface area contributed by atoms with Gasteiger partial charge in [-0.3, -0.25) is 0 Å². The van der Waals surface area contributed by atoms with Crippen molar-refractivity contribution in [3.8, 4) is 5.75 Å². The number of hydrogen-bond donors (Lipinski definition) is 1. The van der Waals surface area contributed by atoms with Gasteiger partial charge in [-0.05, 0) is 31.0 Å². The van der Waals surface area contributed by atoms with E-state index in [1.807, 2.05) is 6.92 Å². The lowest BCUT2D eigenvalue weighted by molar-refractivity contribution is -0.145. The second-order valence-electron chi connectivity index (χ2n) is 3.66. The standard InChI is InChI=1S/C12H14Cl2O3/c1-2-3-4-11(12(15)16)17-10-6-5-8(13)7-9(10)14/h5-7,11H,2-4H2,1H3,(H,15,16). The molecule has 0 spiro atoms. The molecule has 1 rings (SSSR count). The lowest BCUT2D eigenvalue weighted by Gasteiger charge is -2.15. The van der Waals surface area contributed by atoms with Gasteiger partial charge in [-0.15, -0.1) is 0 Å². The molecule has 0 aliphatic carbocycles. The fourth-order valence-electron chi connectivity index (χ4n) is 1.35. The topological polar surface area (TPSA) is 46.5 Å². The van der Waals surface area contributed by atoms with Gasteiger partial charge in [0.05, 0.1) is 5.02 Å². The van der Waals surface area contributed by atoms with Gasteiger partial charge in [0.15, 0.2) is 6.10 Å². The van der Waals surface area contributed by atoms with Crippen molar-refractivity contribution in [3.63, 3.8) is 0 Å². The van der Waals surface area contributed by atoms with E-state index < -0.39 is 12.1 Å². The molecular weight excluding hydrogens is 263 g/mol. The van der Waals surface area contributed by atoms with Crippen molar-refractivity contribution < 1.29 is 14.6 Å². The summed E-state index contributed by atoms with van der Waals surface area (Å²) in [6, 6.07) is 4.71. The normalized spacial score (nSPS) is 12.2. The van der Waals surface area contributed by atoms with Crippen LogP contribution in [-0.4, -0.2) is 17.2 Å². The first-order chi connectivity index (χ1) is 8.04. The average Bonchev–Trinajstić information content (AvgIpc) is 2.26. The minimum atomic E-state index is -0.982. The highest BCUT2D eigenvalue weighted by atomic mass is 35.5. The second-order valence-corrected chi connectivity index (χ2v) is 4.51. The van der Waals surface area contributed by atoms with Gasteiger partial charge in [-0.1, -0.05) is 36.5 Å². The Bertz CT molecular complexity index is 393. The molecule has 0 aromatic heterocycles. The molecule has 17 heavy (non-hydrogen) atoms. The van der Waals surface area contributed by atoms with Crippen LogP contribution in [0, 0.1) is 0 Å². The van der Waals surface area contributed by atoms with Crippen LogP contribution in [0.3, 0.4) is 0 Å². The highest BCUT2D eigenvalue weighted by Gasteiger charge is 2.19. The van der Waals surface area contributed by atoms with E-state index in [4.69, 9.17) is 33.0 Å². The fourth-order valence-corrected chi connectivity index (χ4v) is 1.80. The first-order valence-electron chi connectivity index (χ1n) is 5.39. The van der Waals surface area contributed by atoms with E-state index in [-0.39, 0.29) is 0 Å². The Morgan fingerprint density at radius 2 is 2.18 bits per heavy atom. The zero-order chi connectivity index (χ0) is 12.8. The summed E-state index contributed by atoms with van der Waals surface area (Å²) < 4.78 is 5.37. The first-order valence-corrected chi connectivity index (χ1v) is 6.14. The molecule has 5 heteroatoms. The molecule has 0 saturated carbocycles. The number of unbranched alkanes of at least 4 members (excludes halogenated alkanes) is 1. The lowest BCUT2D eigenvalue weighted by Crippen LogP contribution is -2.26. The lowest BCUT2D eigenvalue weighted by atomic mass is 10.1. The molecule has 0 radical (unpaired) electrons. The fraction of sp³-hybridized carbons (Fsp3) is 0.417. The summed E-state index contributed by atoms with van der Waals surface area (Å²) in [4.78, 5) is 11.0. The maximum absolute atomic E-state index is 11.0. The zero-order valence-electron chi connectivity index (χ0n) is 9.45. The monoisotopic (exact) mass is 276 g/mol. The molecule has 1 unspecified atom stereocenters. The molecule has 3 nitrogen and oxygen atoms in total. The van der Waals surface area contributed by atoms with Crippen molar-refractivity contribution in [2.75, 3.05) is 0 Å². The van der Waals surface area contributed by atoms with Gasteiger partial charge in [0.2, 0.25) is 0 Å². The van der Waals surface area contributed by atoms with E-state index in [9.17, 15) is 4.79 Å². The van der Waals surface area contributed by atoms with Gasteiger partial charge in [0.25, 0.3) is 0 Å². The second kappa shape index (κ2) is 6.72. The number of rotatable bonds is 6. The van der Waals surface area contributed by atoms with Crippen molar-refractivity contribution in [2.24, 2.45) is 0 Å². The van der Waals surface area contributed by atoms with Gasteiger partial charge in [-0.25, -0.2) is 4.79 Å². The number of carboxylic acids is 1. The number of hydrogen-bond acceptors (Lipinski definition) is 2. The Hall–Kier alpha value is -0.930. The van der Waals surface area contributed by atoms with Crippen LogP contribution >= 0.6 is 23.2 Å². The molecule has 0 aliphatic rings. The van der Waals surface area contributed by atoms with E-state index in [2.05, 4.69) is 0 Å². The summed E-state index contributed by atoms with van der Waals surface area (Å²) >= 11 is 11.7. The maximum Gasteiger partial charge on any atom is 0.344 e. The Morgan fingerprint density at radius 1 is 1.47 bits per heavy atom. The Labute approximate surface area is 110 Å². The van der Waals surface area contributed by atoms with E-state index in [0.717, 1.165) is 12.8 Å². The summed E-state index contributed by atoms with van der Waals surface area (Å²) in [5, 5.41) is 9.82. The predicted octanol–water partition coefficient (Wildman–Crippen LogP) is 4.02. The molecule has 1 aromatic rings. The Kier molecular flexibility index (Phi) is 5.59. The number of ether oxygens (including phenoxy) is 1. The molecule has 0 amide bonds. The van der Waals surface area contributed by atoms with Crippen molar-refractivity contribution in [2.45, 2.75) is 32.3 Å². The van der Waals surface area contributed by atoms with E-state index in [1.54, 1.807) is 12.1 Å². The van der Waals surface area contributed by atoms with E-state index >= 15 is 0 Å². The zero-order valence-corrected chi connectivity index (χ0v) is 11.0. The third-order valence-electron chi connectivity index (χ3n) is 2.26. The number of carbonyl (C=O) groups is 1. The summed E-state index contributed by atoms with van der Waals surface area (Å²) in [5.74, 6) is -0.635. The summed E-state index contributed by atoms with van der Waals surface area (Å²) in [6.45, 7) is 1.99. The van der Waals surface area contributed by atoms with Gasteiger partial charge in [-0.2, -0.15) is 0 Å². The van der Waals surface area contributed by atoms with Gasteiger partial charge in [0.1, 0.15) is 5.75 Å².